The third kappa shape index (κ3) is 13.8. The summed E-state index contributed by atoms with van der Waals surface area (Å²) in [5.41, 5.74) is -5.21. The van der Waals surface area contributed by atoms with Gasteiger partial charge in [-0.15, -0.1) is 0 Å². The van der Waals surface area contributed by atoms with Crippen molar-refractivity contribution in [2.24, 2.45) is 45.3 Å². The molecule has 67 heavy (non-hydrogen) atoms. The van der Waals surface area contributed by atoms with Crippen LogP contribution in [0.15, 0.2) is 0 Å². The fourth-order valence-corrected chi connectivity index (χ4v) is 11.2. The largest absolute Gasteiger partial charge is 0.459 e. The molecule has 0 aromatic rings. The number of esters is 5. The van der Waals surface area contributed by atoms with Gasteiger partial charge in [0, 0.05) is 31.1 Å². The molecule has 1 heterocycles. The lowest BCUT2D eigenvalue weighted by Gasteiger charge is -2.62. The number of nitriles is 1. The van der Waals surface area contributed by atoms with E-state index >= 15 is 0 Å². The summed E-state index contributed by atoms with van der Waals surface area (Å²) in [6, 6.07) is 2.10. The van der Waals surface area contributed by atoms with E-state index in [2.05, 4.69) is 19.9 Å². The van der Waals surface area contributed by atoms with Gasteiger partial charge in [0.2, 0.25) is 0 Å². The van der Waals surface area contributed by atoms with Gasteiger partial charge in [0.25, 0.3) is 0 Å². The second-order valence-corrected chi connectivity index (χ2v) is 22.4. The van der Waals surface area contributed by atoms with Crippen LogP contribution in [0, 0.1) is 56.7 Å². The number of hydrogen-bond donors (Lipinski definition) is 2. The Hall–Kier alpha value is -3.24. The number of nitrogens with zero attached hydrogens (tertiary/aromatic N) is 1. The molecular weight excluding hydrogens is 855 g/mol. The molecule has 8 fully saturated rings. The van der Waals surface area contributed by atoms with Gasteiger partial charge in [0.05, 0.1) is 33.5 Å². The minimum absolute atomic E-state index is 0. The zero-order valence-corrected chi connectivity index (χ0v) is 38.9. The highest BCUT2D eigenvalue weighted by molar-refractivity contribution is 5.85. The zero-order valence-electron chi connectivity index (χ0n) is 38.9. The number of fused-ring (bicyclic) bond motifs is 1. The Bertz CT molecular complexity index is 1700. The van der Waals surface area contributed by atoms with Gasteiger partial charge in [0.1, 0.15) is 23.4 Å². The summed E-state index contributed by atoms with van der Waals surface area (Å²) in [5, 5.41) is 30.6. The van der Waals surface area contributed by atoms with Crippen LogP contribution in [-0.2, 0) is 47.7 Å². The third-order valence-corrected chi connectivity index (χ3v) is 15.9. The van der Waals surface area contributed by atoms with Crippen LogP contribution in [0.1, 0.15) is 223 Å². The molecule has 1 saturated heterocycles. The lowest BCUT2D eigenvalue weighted by molar-refractivity contribution is -0.264. The SMILES string of the molecule is C.C.C.C.C.C.CCC(C)(C)C(=O)OC(C)(C)C1CCCCC1.CCC(C)(C)C(=O)OC12CC3CC(O)(CC(O)(C3)C1)C2.CCC(C)(C)C(=O)OCC(=O)OC1C2CC3C1OC(=O)C3(C#N)C2. The summed E-state index contributed by atoms with van der Waals surface area (Å²) in [5.74, 6) is -1.31. The van der Waals surface area contributed by atoms with Gasteiger partial charge < -0.3 is 33.9 Å². The highest BCUT2D eigenvalue weighted by Gasteiger charge is 2.72. The molecule has 0 spiro atoms. The van der Waals surface area contributed by atoms with E-state index in [-0.39, 0.29) is 85.3 Å². The summed E-state index contributed by atoms with van der Waals surface area (Å²) in [4.78, 5) is 60.4. The zero-order chi connectivity index (χ0) is 45.6. The fourth-order valence-electron chi connectivity index (χ4n) is 11.2. The molecule has 7 aliphatic carbocycles. The lowest BCUT2D eigenvalue weighted by Crippen LogP contribution is -2.67. The van der Waals surface area contributed by atoms with Crippen molar-refractivity contribution in [1.29, 1.82) is 5.26 Å². The molecule has 0 amide bonds. The summed E-state index contributed by atoms with van der Waals surface area (Å²) in [6.45, 7) is 20.8. The van der Waals surface area contributed by atoms with Crippen LogP contribution in [0.4, 0.5) is 0 Å². The van der Waals surface area contributed by atoms with Gasteiger partial charge in [-0.25, -0.2) is 4.79 Å². The van der Waals surface area contributed by atoms with Crippen molar-refractivity contribution in [2.75, 3.05) is 6.61 Å². The van der Waals surface area contributed by atoms with Crippen LogP contribution in [0.5, 0.6) is 0 Å². The number of carbonyl (C=O) groups excluding carboxylic acids is 5. The Morgan fingerprint density at radius 3 is 1.69 bits per heavy atom. The van der Waals surface area contributed by atoms with Crippen LogP contribution in [0.25, 0.3) is 0 Å². The van der Waals surface area contributed by atoms with E-state index in [4.69, 9.17) is 23.7 Å². The molecule has 6 bridgehead atoms. The first-order valence-electron chi connectivity index (χ1n) is 23.0. The van der Waals surface area contributed by atoms with Gasteiger partial charge in [-0.1, -0.05) is 84.6 Å². The molecule has 8 rings (SSSR count). The Kier molecular flexibility index (Phi) is 23.2. The second kappa shape index (κ2) is 23.6. The minimum atomic E-state index is -1.06. The maximum absolute atomic E-state index is 12.4. The Morgan fingerprint density at radius 2 is 1.21 bits per heavy atom. The van der Waals surface area contributed by atoms with E-state index < -0.39 is 69.8 Å². The van der Waals surface area contributed by atoms with Crippen LogP contribution in [0.2, 0.25) is 0 Å². The van der Waals surface area contributed by atoms with Gasteiger partial charge in [-0.05, 0) is 131 Å². The van der Waals surface area contributed by atoms with Gasteiger partial charge in [0.15, 0.2) is 12.0 Å². The molecule has 2 N–H and O–H groups in total. The van der Waals surface area contributed by atoms with Crippen molar-refractivity contribution < 1.29 is 57.9 Å². The monoisotopic (exact) mass is 954 g/mol. The van der Waals surface area contributed by atoms with Crippen molar-refractivity contribution in [2.45, 2.75) is 258 Å². The van der Waals surface area contributed by atoms with Crippen molar-refractivity contribution in [3.05, 3.63) is 0 Å². The van der Waals surface area contributed by atoms with Crippen molar-refractivity contribution in [3.63, 3.8) is 0 Å². The molecule has 13 nitrogen and oxygen atoms in total. The summed E-state index contributed by atoms with van der Waals surface area (Å²) in [6.07, 6.45) is 12.0. The maximum Gasteiger partial charge on any atom is 0.344 e. The Labute approximate surface area is 407 Å². The van der Waals surface area contributed by atoms with E-state index in [0.29, 0.717) is 44.4 Å². The van der Waals surface area contributed by atoms with E-state index in [0.717, 1.165) is 32.1 Å². The normalized spacial score (nSPS) is 31.7. The first kappa shape index (κ1) is 65.8. The van der Waals surface area contributed by atoms with E-state index in [1.807, 2.05) is 48.5 Å². The third-order valence-electron chi connectivity index (χ3n) is 15.9. The highest BCUT2D eigenvalue weighted by Crippen LogP contribution is 2.63. The van der Waals surface area contributed by atoms with Crippen LogP contribution in [0.3, 0.4) is 0 Å². The summed E-state index contributed by atoms with van der Waals surface area (Å²) < 4.78 is 27.4. The standard InChI is InChI=1S/C17H21NO6.C16H26O4.C15H28O2.6CH4/c1-4-16(2,3)14(20)22-7-11(19)23-12-9-5-10-13(12)24-15(21)17(10,6-9)8-18;1-4-13(2,3)12(17)20-16-7-11-5-14(18,9-16)8-15(19,6-11)10-16;1-6-14(2,3)13(16)17-15(4,5)12-10-8-7-9-11-12;;;;;;/h9-10,12-13H,4-7H2,1-3H3;11,18-19H,4-10H2,1-3H3;12H,6-11H2,1-5H3;6*1H4. The predicted octanol–water partition coefficient (Wildman–Crippen LogP) is 11.7. The van der Waals surface area contributed by atoms with Gasteiger partial charge >= 0.3 is 29.8 Å². The quantitative estimate of drug-likeness (QED) is 0.139. The first-order valence-corrected chi connectivity index (χ1v) is 23.0. The molecule has 392 valence electrons. The molecule has 0 aromatic carbocycles. The second-order valence-electron chi connectivity index (χ2n) is 22.4. The number of rotatable bonds is 12. The Morgan fingerprint density at radius 1 is 0.716 bits per heavy atom. The van der Waals surface area contributed by atoms with Gasteiger partial charge in [-0.2, -0.15) is 5.26 Å². The molecule has 1 aliphatic heterocycles. The van der Waals surface area contributed by atoms with Gasteiger partial charge in [-0.3, -0.25) is 19.2 Å². The van der Waals surface area contributed by atoms with Crippen molar-refractivity contribution in [3.8, 4) is 6.07 Å². The molecule has 0 radical (unpaired) electrons. The molecule has 7 saturated carbocycles. The highest BCUT2D eigenvalue weighted by atomic mass is 16.6. The van der Waals surface area contributed by atoms with E-state index in [1.54, 1.807) is 13.8 Å². The maximum atomic E-state index is 12.4. The number of carbonyl (C=O) groups is 5. The van der Waals surface area contributed by atoms with Crippen LogP contribution < -0.4 is 0 Å². The average Bonchev–Trinajstić information content (AvgIpc) is 3.78. The number of hydrogen-bond acceptors (Lipinski definition) is 13. The van der Waals surface area contributed by atoms with Crippen LogP contribution >= 0.6 is 0 Å². The smallest absolute Gasteiger partial charge is 0.344 e. The van der Waals surface area contributed by atoms with E-state index in [1.165, 1.54) is 32.1 Å². The van der Waals surface area contributed by atoms with Crippen molar-refractivity contribution in [1.82, 2.24) is 0 Å². The molecule has 7 unspecified atom stereocenters. The number of ether oxygens (including phenoxy) is 5. The summed E-state index contributed by atoms with van der Waals surface area (Å²) in [7, 11) is 0. The van der Waals surface area contributed by atoms with Crippen LogP contribution in [-0.4, -0.2) is 81.3 Å². The number of aliphatic hydroxyl groups is 2. The molecule has 8 aliphatic rings. The summed E-state index contributed by atoms with van der Waals surface area (Å²) >= 11 is 0. The van der Waals surface area contributed by atoms with E-state index in [9.17, 15) is 39.4 Å². The van der Waals surface area contributed by atoms with Crippen molar-refractivity contribution >= 4 is 29.8 Å². The molecule has 13 heteroatoms. The molecular formula is C54H99NO12. The predicted molar refractivity (Wildman–Crippen MR) is 264 cm³/mol. The molecule has 0 aromatic heterocycles. The first-order chi connectivity index (χ1) is 28.1. The fraction of sp³-hybridized carbons (Fsp3) is 0.889. The lowest BCUT2D eigenvalue weighted by atomic mass is 9.50. The topological polar surface area (TPSA) is 196 Å². The molecule has 7 atom stereocenters. The Balaban J connectivity index is 0. The minimum Gasteiger partial charge on any atom is -0.459 e. The average molecular weight is 954 g/mol.